The molecule has 2 heteroatoms. The highest BCUT2D eigenvalue weighted by Crippen LogP contribution is 2.39. The summed E-state index contributed by atoms with van der Waals surface area (Å²) in [6.07, 6.45) is 4.68. The van der Waals surface area contributed by atoms with Crippen molar-refractivity contribution in [2.24, 2.45) is 0 Å². The molecule has 1 aromatic heterocycles. The van der Waals surface area contributed by atoms with Gasteiger partial charge in [0.1, 0.15) is 0 Å². The summed E-state index contributed by atoms with van der Waals surface area (Å²) in [5, 5.41) is 0. The van der Waals surface area contributed by atoms with Crippen LogP contribution in [0.25, 0.3) is 5.57 Å². The normalized spacial score (nSPS) is 17.9. The zero-order chi connectivity index (χ0) is 10.1. The Morgan fingerprint density at radius 3 is 2.50 bits per heavy atom. The number of hydrogen-bond donors (Lipinski definition) is 1. The molecule has 0 bridgehead atoms. The number of rotatable bonds is 2. The van der Waals surface area contributed by atoms with E-state index in [2.05, 4.69) is 36.7 Å². The molecule has 0 unspecified atom stereocenters. The molecule has 1 aromatic rings. The molecule has 1 aliphatic carbocycles. The molecule has 1 nitrogen and oxygen atoms in total. The van der Waals surface area contributed by atoms with E-state index in [9.17, 15) is 0 Å². The Balaban J connectivity index is 2.25. The monoisotopic (exact) mass is 205 g/mol. The van der Waals surface area contributed by atoms with Crippen molar-refractivity contribution >= 4 is 18.2 Å². The van der Waals surface area contributed by atoms with E-state index in [0.29, 0.717) is 0 Å². The summed E-state index contributed by atoms with van der Waals surface area (Å²) < 4.78 is 0. The van der Waals surface area contributed by atoms with E-state index in [-0.39, 0.29) is 0 Å². The number of aromatic nitrogens is 1. The largest absolute Gasteiger partial charge is 0.256 e. The van der Waals surface area contributed by atoms with Crippen LogP contribution >= 0.6 is 12.6 Å². The topological polar surface area (TPSA) is 12.9 Å². The van der Waals surface area contributed by atoms with Gasteiger partial charge >= 0.3 is 0 Å². The van der Waals surface area contributed by atoms with Crippen LogP contribution in [0, 0.1) is 0 Å². The molecule has 1 heterocycles. The second-order valence-electron chi connectivity index (χ2n) is 3.96. The third kappa shape index (κ3) is 2.01. The van der Waals surface area contributed by atoms with Gasteiger partial charge in [0.05, 0.1) is 5.69 Å². The lowest BCUT2D eigenvalue weighted by Crippen LogP contribution is -1.89. The predicted molar refractivity (Wildman–Crippen MR) is 63.5 cm³/mol. The minimum Gasteiger partial charge on any atom is -0.256 e. The van der Waals surface area contributed by atoms with E-state index in [4.69, 9.17) is 0 Å². The van der Waals surface area contributed by atoms with Gasteiger partial charge in [-0.05, 0) is 54.7 Å². The van der Waals surface area contributed by atoms with Gasteiger partial charge in [-0.25, -0.2) is 0 Å². The van der Waals surface area contributed by atoms with E-state index in [1.807, 2.05) is 13.1 Å². The Kier molecular flexibility index (Phi) is 2.64. The fourth-order valence-electron chi connectivity index (χ4n) is 1.47. The van der Waals surface area contributed by atoms with Crippen LogP contribution in [0.15, 0.2) is 23.2 Å². The van der Waals surface area contributed by atoms with Crippen LogP contribution in [0.5, 0.6) is 0 Å². The van der Waals surface area contributed by atoms with E-state index in [1.54, 1.807) is 0 Å². The Hall–Kier alpha value is -0.760. The number of hydrogen-bond acceptors (Lipinski definition) is 2. The van der Waals surface area contributed by atoms with Gasteiger partial charge in [-0.1, -0.05) is 6.07 Å². The fraction of sp³-hybridized carbons (Fsp3) is 0.417. The van der Waals surface area contributed by atoms with Crippen LogP contribution in [0.3, 0.4) is 0 Å². The van der Waals surface area contributed by atoms with Crippen molar-refractivity contribution in [1.29, 1.82) is 0 Å². The summed E-state index contributed by atoms with van der Waals surface area (Å²) in [6.45, 7) is 4.05. The molecule has 1 fully saturated rings. The third-order valence-corrected chi connectivity index (χ3v) is 3.10. The minimum absolute atomic E-state index is 0.790. The Bertz CT molecular complexity index is 356. The zero-order valence-electron chi connectivity index (χ0n) is 8.62. The van der Waals surface area contributed by atoms with Crippen molar-refractivity contribution < 1.29 is 0 Å². The average molecular weight is 205 g/mol. The third-order valence-electron chi connectivity index (χ3n) is 2.76. The highest BCUT2D eigenvalue weighted by atomic mass is 32.1. The summed E-state index contributed by atoms with van der Waals surface area (Å²) in [4.78, 5) is 5.49. The van der Waals surface area contributed by atoms with Crippen molar-refractivity contribution in [3.8, 4) is 0 Å². The summed E-state index contributed by atoms with van der Waals surface area (Å²) in [6, 6.07) is 4.29. The lowest BCUT2D eigenvalue weighted by atomic mass is 10.1. The first-order valence-electron chi connectivity index (χ1n) is 5.01. The zero-order valence-corrected chi connectivity index (χ0v) is 9.51. The van der Waals surface area contributed by atoms with Crippen molar-refractivity contribution in [2.45, 2.75) is 32.6 Å². The first-order chi connectivity index (χ1) is 6.68. The van der Waals surface area contributed by atoms with Gasteiger partial charge in [-0.15, -0.1) is 12.6 Å². The molecule has 1 aliphatic rings. The standard InChI is InChI=1S/C12H15NS/c1-8(9(2)14)12-6-5-11(7-13-12)10-3-4-10/h5-7,10,14H,3-4H2,1-2H3/b9-8-. The van der Waals surface area contributed by atoms with Crippen molar-refractivity contribution in [3.63, 3.8) is 0 Å². The van der Waals surface area contributed by atoms with Crippen LogP contribution in [0.2, 0.25) is 0 Å². The molecule has 0 radical (unpaired) electrons. The van der Waals surface area contributed by atoms with Gasteiger partial charge in [0.2, 0.25) is 0 Å². The lowest BCUT2D eigenvalue weighted by molar-refractivity contribution is 1.08. The molecular formula is C12H15NS. The SMILES string of the molecule is C/C(S)=C(\C)c1ccc(C2CC2)cn1. The maximum absolute atomic E-state index is 4.45. The van der Waals surface area contributed by atoms with Crippen LogP contribution in [-0.2, 0) is 0 Å². The molecule has 0 aliphatic heterocycles. The van der Waals surface area contributed by atoms with E-state index in [1.165, 1.54) is 18.4 Å². The summed E-state index contributed by atoms with van der Waals surface area (Å²) in [5.41, 5.74) is 3.59. The maximum Gasteiger partial charge on any atom is 0.0666 e. The average Bonchev–Trinajstić information content (AvgIpc) is 3.00. The predicted octanol–water partition coefficient (Wildman–Crippen LogP) is 3.64. The second-order valence-corrected chi connectivity index (χ2v) is 4.63. The Labute approximate surface area is 90.7 Å². The fourth-order valence-corrected chi connectivity index (χ4v) is 1.59. The Morgan fingerprint density at radius 1 is 1.36 bits per heavy atom. The molecule has 0 amide bonds. The highest BCUT2D eigenvalue weighted by Gasteiger charge is 2.23. The van der Waals surface area contributed by atoms with Gasteiger partial charge in [-0.2, -0.15) is 0 Å². The quantitative estimate of drug-likeness (QED) is 0.727. The van der Waals surface area contributed by atoms with Crippen LogP contribution in [-0.4, -0.2) is 4.98 Å². The molecule has 0 aromatic carbocycles. The first-order valence-corrected chi connectivity index (χ1v) is 5.46. The molecule has 0 spiro atoms. The van der Waals surface area contributed by atoms with Crippen LogP contribution in [0.4, 0.5) is 0 Å². The molecule has 0 atom stereocenters. The molecule has 1 saturated carbocycles. The second kappa shape index (κ2) is 3.77. The molecule has 2 rings (SSSR count). The maximum atomic E-state index is 4.45. The molecule has 74 valence electrons. The summed E-state index contributed by atoms with van der Waals surface area (Å²) in [5.74, 6) is 0.790. The van der Waals surface area contributed by atoms with Crippen molar-refractivity contribution in [3.05, 3.63) is 34.5 Å². The molecule has 0 saturated heterocycles. The van der Waals surface area contributed by atoms with Gasteiger partial charge in [0, 0.05) is 6.20 Å². The smallest absolute Gasteiger partial charge is 0.0666 e. The first kappa shape index (κ1) is 9.78. The Morgan fingerprint density at radius 2 is 2.07 bits per heavy atom. The number of thiol groups is 1. The minimum atomic E-state index is 0.790. The van der Waals surface area contributed by atoms with Gasteiger partial charge in [-0.3, -0.25) is 4.98 Å². The summed E-state index contributed by atoms with van der Waals surface area (Å²) >= 11 is 4.32. The summed E-state index contributed by atoms with van der Waals surface area (Å²) in [7, 11) is 0. The van der Waals surface area contributed by atoms with Crippen molar-refractivity contribution in [1.82, 2.24) is 4.98 Å². The van der Waals surface area contributed by atoms with Crippen LogP contribution in [0.1, 0.15) is 43.9 Å². The van der Waals surface area contributed by atoms with E-state index < -0.39 is 0 Å². The number of allylic oxidation sites excluding steroid dienone is 2. The lowest BCUT2D eigenvalue weighted by Gasteiger charge is -2.03. The van der Waals surface area contributed by atoms with Crippen LogP contribution < -0.4 is 0 Å². The molecule has 0 N–H and O–H groups in total. The van der Waals surface area contributed by atoms with E-state index in [0.717, 1.165) is 22.1 Å². The highest BCUT2D eigenvalue weighted by molar-refractivity contribution is 7.84. The number of pyridine rings is 1. The number of nitrogens with zero attached hydrogens (tertiary/aromatic N) is 1. The van der Waals surface area contributed by atoms with E-state index >= 15 is 0 Å². The van der Waals surface area contributed by atoms with Gasteiger partial charge in [0.15, 0.2) is 0 Å². The van der Waals surface area contributed by atoms with Crippen molar-refractivity contribution in [2.75, 3.05) is 0 Å². The van der Waals surface area contributed by atoms with Gasteiger partial charge in [0.25, 0.3) is 0 Å². The van der Waals surface area contributed by atoms with Gasteiger partial charge < -0.3 is 0 Å². The molecule has 14 heavy (non-hydrogen) atoms. The molecular weight excluding hydrogens is 190 g/mol.